The fourth-order valence-electron chi connectivity index (χ4n) is 4.43. The number of carbonyl (C=O) groups is 1. The van der Waals surface area contributed by atoms with E-state index in [2.05, 4.69) is 15.1 Å². The van der Waals surface area contributed by atoms with Crippen LogP contribution in [0.25, 0.3) is 0 Å². The average molecular weight is 294 g/mol. The maximum Gasteiger partial charge on any atom is 0.224 e. The predicted octanol–water partition coefficient (Wildman–Crippen LogP) is 0.400. The molecule has 120 valence electrons. The van der Waals surface area contributed by atoms with E-state index in [-0.39, 0.29) is 11.8 Å². The van der Waals surface area contributed by atoms with Crippen LogP contribution in [0.4, 0.5) is 0 Å². The Morgan fingerprint density at radius 2 is 1.81 bits per heavy atom. The number of nitrogens with two attached hydrogens (primary N) is 1. The van der Waals surface area contributed by atoms with Gasteiger partial charge >= 0.3 is 0 Å². The zero-order valence-electron chi connectivity index (χ0n) is 13.1. The van der Waals surface area contributed by atoms with Crippen molar-refractivity contribution in [2.75, 3.05) is 39.3 Å². The Balaban J connectivity index is 1.52. The van der Waals surface area contributed by atoms with Crippen LogP contribution >= 0.6 is 0 Å². The molecular weight excluding hydrogens is 264 g/mol. The average Bonchev–Trinajstić information content (AvgIpc) is 3.00. The van der Waals surface area contributed by atoms with E-state index in [1.165, 1.54) is 45.3 Å². The smallest absolute Gasteiger partial charge is 0.224 e. The summed E-state index contributed by atoms with van der Waals surface area (Å²) in [6, 6.07) is 1.52. The number of piperidine rings is 2. The van der Waals surface area contributed by atoms with Crippen LogP contribution in [-0.2, 0) is 4.79 Å². The maximum atomic E-state index is 12.2. The van der Waals surface area contributed by atoms with E-state index in [0.29, 0.717) is 19.1 Å². The molecule has 3 N–H and O–H groups in total. The number of amides is 1. The molecule has 3 heterocycles. The molecular formula is C16H30N4O. The van der Waals surface area contributed by atoms with Crippen LogP contribution in [0.15, 0.2) is 0 Å². The molecule has 3 fully saturated rings. The van der Waals surface area contributed by atoms with E-state index < -0.39 is 0 Å². The lowest BCUT2D eigenvalue weighted by atomic mass is 9.91. The predicted molar refractivity (Wildman–Crippen MR) is 84.0 cm³/mol. The molecule has 3 aliphatic heterocycles. The molecule has 0 bridgehead atoms. The van der Waals surface area contributed by atoms with Crippen LogP contribution in [0, 0.1) is 5.92 Å². The molecule has 5 heteroatoms. The van der Waals surface area contributed by atoms with Gasteiger partial charge in [-0.05, 0) is 58.2 Å². The van der Waals surface area contributed by atoms with Gasteiger partial charge in [-0.15, -0.1) is 0 Å². The third kappa shape index (κ3) is 3.58. The molecule has 3 rings (SSSR count). The van der Waals surface area contributed by atoms with Crippen molar-refractivity contribution in [1.82, 2.24) is 15.1 Å². The van der Waals surface area contributed by atoms with E-state index in [0.717, 1.165) is 25.4 Å². The minimum absolute atomic E-state index is 0.173. The molecule has 1 amide bonds. The number of likely N-dealkylation sites (tertiary alicyclic amines) is 1. The minimum Gasteiger partial charge on any atom is -0.355 e. The molecule has 3 saturated heterocycles. The van der Waals surface area contributed by atoms with Gasteiger partial charge in [0.1, 0.15) is 0 Å². The van der Waals surface area contributed by atoms with Gasteiger partial charge < -0.3 is 16.0 Å². The van der Waals surface area contributed by atoms with Crippen molar-refractivity contribution in [3.63, 3.8) is 0 Å². The number of hydrogen-bond acceptors (Lipinski definition) is 4. The summed E-state index contributed by atoms with van der Waals surface area (Å²) in [7, 11) is 0. The number of carbonyl (C=O) groups excluding carboxylic acids is 1. The molecule has 0 aromatic carbocycles. The van der Waals surface area contributed by atoms with Crippen molar-refractivity contribution >= 4 is 5.91 Å². The SMILES string of the molecule is NCCNC(=O)C1CCCN(C2CCN3CCCC3C2)C1. The van der Waals surface area contributed by atoms with Crippen LogP contribution in [0.1, 0.15) is 38.5 Å². The van der Waals surface area contributed by atoms with Gasteiger partial charge in [-0.1, -0.05) is 0 Å². The molecule has 0 aromatic heterocycles. The van der Waals surface area contributed by atoms with Crippen molar-refractivity contribution < 1.29 is 4.79 Å². The van der Waals surface area contributed by atoms with E-state index in [1.54, 1.807) is 0 Å². The Bertz CT molecular complexity index is 362. The third-order valence-electron chi connectivity index (χ3n) is 5.58. The minimum atomic E-state index is 0.173. The molecule has 3 aliphatic rings. The Labute approximate surface area is 128 Å². The summed E-state index contributed by atoms with van der Waals surface area (Å²) in [5.74, 6) is 0.385. The van der Waals surface area contributed by atoms with Gasteiger partial charge in [-0.25, -0.2) is 0 Å². The number of nitrogens with zero attached hydrogens (tertiary/aromatic N) is 2. The van der Waals surface area contributed by atoms with E-state index in [9.17, 15) is 4.79 Å². The van der Waals surface area contributed by atoms with E-state index in [4.69, 9.17) is 5.73 Å². The summed E-state index contributed by atoms with van der Waals surface area (Å²) < 4.78 is 0. The lowest BCUT2D eigenvalue weighted by Gasteiger charge is -2.43. The van der Waals surface area contributed by atoms with Crippen LogP contribution < -0.4 is 11.1 Å². The van der Waals surface area contributed by atoms with Gasteiger partial charge in [-0.2, -0.15) is 0 Å². The molecule has 3 unspecified atom stereocenters. The zero-order valence-corrected chi connectivity index (χ0v) is 13.1. The number of rotatable bonds is 4. The van der Waals surface area contributed by atoms with Gasteiger partial charge in [0.05, 0.1) is 5.92 Å². The van der Waals surface area contributed by atoms with Crippen LogP contribution in [0.2, 0.25) is 0 Å². The molecule has 0 spiro atoms. The standard InChI is InChI=1S/C16H30N4O/c17-6-7-18-16(21)13-3-1-9-20(12-13)15-5-10-19-8-2-4-14(19)11-15/h13-15H,1-12,17H2,(H,18,21). The summed E-state index contributed by atoms with van der Waals surface area (Å²) in [4.78, 5) is 17.4. The Morgan fingerprint density at radius 1 is 1.05 bits per heavy atom. The lowest BCUT2D eigenvalue weighted by Crippen LogP contribution is -2.52. The number of fused-ring (bicyclic) bond motifs is 1. The summed E-state index contributed by atoms with van der Waals surface area (Å²) in [6.45, 7) is 5.83. The van der Waals surface area contributed by atoms with Gasteiger partial charge in [0.15, 0.2) is 0 Å². The third-order valence-corrected chi connectivity index (χ3v) is 5.58. The highest BCUT2D eigenvalue weighted by molar-refractivity contribution is 5.78. The van der Waals surface area contributed by atoms with Crippen LogP contribution in [-0.4, -0.2) is 67.1 Å². The number of hydrogen-bond donors (Lipinski definition) is 2. The normalized spacial score (nSPS) is 34.6. The Morgan fingerprint density at radius 3 is 2.67 bits per heavy atom. The first-order valence-corrected chi connectivity index (χ1v) is 8.74. The highest BCUT2D eigenvalue weighted by atomic mass is 16.1. The second-order valence-corrected chi connectivity index (χ2v) is 6.92. The van der Waals surface area contributed by atoms with Gasteiger partial charge in [-0.3, -0.25) is 9.69 Å². The van der Waals surface area contributed by atoms with Gasteiger partial charge in [0, 0.05) is 31.7 Å². The fraction of sp³-hybridized carbons (Fsp3) is 0.938. The van der Waals surface area contributed by atoms with Crippen LogP contribution in [0.5, 0.6) is 0 Å². The van der Waals surface area contributed by atoms with Crippen molar-refractivity contribution in [3.05, 3.63) is 0 Å². The van der Waals surface area contributed by atoms with E-state index >= 15 is 0 Å². The van der Waals surface area contributed by atoms with Gasteiger partial charge in [0.25, 0.3) is 0 Å². The Hall–Kier alpha value is -0.650. The highest BCUT2D eigenvalue weighted by Crippen LogP contribution is 2.31. The lowest BCUT2D eigenvalue weighted by molar-refractivity contribution is -0.127. The van der Waals surface area contributed by atoms with Crippen molar-refractivity contribution in [2.24, 2.45) is 11.7 Å². The zero-order chi connectivity index (χ0) is 14.7. The number of nitrogens with one attached hydrogen (secondary N) is 1. The monoisotopic (exact) mass is 294 g/mol. The first-order valence-electron chi connectivity index (χ1n) is 8.74. The fourth-order valence-corrected chi connectivity index (χ4v) is 4.43. The van der Waals surface area contributed by atoms with E-state index in [1.807, 2.05) is 0 Å². The van der Waals surface area contributed by atoms with Gasteiger partial charge in [0.2, 0.25) is 5.91 Å². The molecule has 0 aliphatic carbocycles. The second kappa shape index (κ2) is 7.07. The first kappa shape index (κ1) is 15.3. The second-order valence-electron chi connectivity index (χ2n) is 6.92. The van der Waals surface area contributed by atoms with Crippen molar-refractivity contribution in [3.8, 4) is 0 Å². The molecule has 0 saturated carbocycles. The van der Waals surface area contributed by atoms with Crippen LogP contribution in [0.3, 0.4) is 0 Å². The Kier molecular flexibility index (Phi) is 5.14. The molecule has 0 aromatic rings. The summed E-state index contributed by atoms with van der Waals surface area (Å²) in [5, 5.41) is 2.96. The molecule has 3 atom stereocenters. The van der Waals surface area contributed by atoms with Crippen molar-refractivity contribution in [2.45, 2.75) is 50.6 Å². The summed E-state index contributed by atoms with van der Waals surface area (Å²) in [6.07, 6.45) is 7.55. The maximum absolute atomic E-state index is 12.2. The first-order chi connectivity index (χ1) is 10.3. The molecule has 0 radical (unpaired) electrons. The van der Waals surface area contributed by atoms with Crippen molar-refractivity contribution in [1.29, 1.82) is 0 Å². The molecule has 5 nitrogen and oxygen atoms in total. The highest BCUT2D eigenvalue weighted by Gasteiger charge is 2.36. The molecule has 21 heavy (non-hydrogen) atoms. The quantitative estimate of drug-likeness (QED) is 0.788. The summed E-state index contributed by atoms with van der Waals surface area (Å²) in [5.41, 5.74) is 5.47. The topological polar surface area (TPSA) is 61.6 Å². The largest absolute Gasteiger partial charge is 0.355 e. The summed E-state index contributed by atoms with van der Waals surface area (Å²) >= 11 is 0.